The van der Waals surface area contributed by atoms with Crippen LogP contribution in [0.15, 0.2) is 24.3 Å². The Morgan fingerprint density at radius 1 is 1.35 bits per heavy atom. The van der Waals surface area contributed by atoms with E-state index in [1.807, 2.05) is 13.8 Å². The molecule has 1 aromatic rings. The molecule has 0 aliphatic heterocycles. The molecule has 2 N–H and O–H groups in total. The van der Waals surface area contributed by atoms with Gasteiger partial charge in [-0.25, -0.2) is 4.39 Å². The minimum absolute atomic E-state index is 0.0341. The van der Waals surface area contributed by atoms with Crippen LogP contribution >= 0.6 is 0 Å². The summed E-state index contributed by atoms with van der Waals surface area (Å²) in [6.07, 6.45) is 0.347. The van der Waals surface area contributed by atoms with Gasteiger partial charge in [0, 0.05) is 25.6 Å². The van der Waals surface area contributed by atoms with Crippen LogP contribution in [0, 0.1) is 5.82 Å². The molecule has 0 saturated heterocycles. The van der Waals surface area contributed by atoms with Crippen molar-refractivity contribution in [1.82, 2.24) is 4.90 Å². The first-order valence-corrected chi connectivity index (χ1v) is 5.78. The molecular weight excluding hydrogens is 219 g/mol. The normalized spacial score (nSPS) is 10.6. The van der Waals surface area contributed by atoms with E-state index < -0.39 is 0 Å². The van der Waals surface area contributed by atoms with Crippen molar-refractivity contribution in [3.05, 3.63) is 35.6 Å². The summed E-state index contributed by atoms with van der Waals surface area (Å²) < 4.78 is 12.8. The summed E-state index contributed by atoms with van der Waals surface area (Å²) in [4.78, 5) is 13.6. The van der Waals surface area contributed by atoms with E-state index in [-0.39, 0.29) is 17.8 Å². The molecule has 1 rings (SSSR count). The third-order valence-corrected chi connectivity index (χ3v) is 2.57. The molecule has 94 valence electrons. The fourth-order valence-corrected chi connectivity index (χ4v) is 1.61. The summed E-state index contributed by atoms with van der Waals surface area (Å²) in [6, 6.07) is 6.31. The molecule has 0 radical (unpaired) electrons. The zero-order valence-electron chi connectivity index (χ0n) is 10.3. The topological polar surface area (TPSA) is 46.3 Å². The maximum atomic E-state index is 12.8. The molecule has 3 nitrogen and oxygen atoms in total. The lowest BCUT2D eigenvalue weighted by atomic mass is 10.1. The Balaban J connectivity index is 2.73. The highest BCUT2D eigenvalue weighted by atomic mass is 19.1. The molecule has 0 fully saturated rings. The summed E-state index contributed by atoms with van der Waals surface area (Å²) >= 11 is 0. The lowest BCUT2D eigenvalue weighted by Gasteiger charge is -2.26. The van der Waals surface area contributed by atoms with Gasteiger partial charge in [0.2, 0.25) is 5.91 Å². The second-order valence-electron chi connectivity index (χ2n) is 4.28. The highest BCUT2D eigenvalue weighted by molar-refractivity contribution is 5.76. The minimum Gasteiger partial charge on any atom is -0.336 e. The number of halogens is 1. The monoisotopic (exact) mass is 238 g/mol. The number of benzene rings is 1. The van der Waals surface area contributed by atoms with Crippen molar-refractivity contribution in [2.75, 3.05) is 6.54 Å². The Hall–Kier alpha value is -1.42. The molecular formula is C13H19FN2O. The lowest BCUT2D eigenvalue weighted by molar-refractivity contribution is -0.133. The summed E-state index contributed by atoms with van der Waals surface area (Å²) in [5.74, 6) is -0.232. The van der Waals surface area contributed by atoms with Crippen molar-refractivity contribution in [1.29, 1.82) is 0 Å². The Labute approximate surface area is 101 Å². The van der Waals surface area contributed by atoms with Gasteiger partial charge in [-0.1, -0.05) is 12.1 Å². The number of nitrogens with zero attached hydrogens (tertiary/aromatic N) is 1. The maximum Gasteiger partial charge on any atom is 0.224 e. The molecule has 0 aliphatic rings. The predicted octanol–water partition coefficient (Wildman–Crippen LogP) is 1.91. The third kappa shape index (κ3) is 4.15. The van der Waals surface area contributed by atoms with Gasteiger partial charge in [0.25, 0.3) is 0 Å². The van der Waals surface area contributed by atoms with Crippen LogP contribution in [-0.4, -0.2) is 23.4 Å². The number of carbonyl (C=O) groups excluding carboxylic acids is 1. The molecule has 0 bridgehead atoms. The first-order valence-electron chi connectivity index (χ1n) is 5.78. The smallest absolute Gasteiger partial charge is 0.224 e. The minimum atomic E-state index is -0.266. The van der Waals surface area contributed by atoms with E-state index in [0.29, 0.717) is 19.5 Å². The molecule has 0 heterocycles. The van der Waals surface area contributed by atoms with Crippen molar-refractivity contribution >= 4 is 5.91 Å². The van der Waals surface area contributed by atoms with Crippen molar-refractivity contribution in [2.45, 2.75) is 32.9 Å². The number of hydrogen-bond donors (Lipinski definition) is 1. The number of hydrogen-bond acceptors (Lipinski definition) is 2. The Morgan fingerprint density at radius 2 is 1.94 bits per heavy atom. The second kappa shape index (κ2) is 6.35. The summed E-state index contributed by atoms with van der Waals surface area (Å²) in [6.45, 7) is 4.76. The largest absolute Gasteiger partial charge is 0.336 e. The number of nitrogens with two attached hydrogens (primary N) is 1. The average Bonchev–Trinajstić information content (AvgIpc) is 2.28. The van der Waals surface area contributed by atoms with Gasteiger partial charge in [-0.15, -0.1) is 0 Å². The van der Waals surface area contributed by atoms with Gasteiger partial charge in [0.15, 0.2) is 0 Å². The van der Waals surface area contributed by atoms with Crippen LogP contribution in [-0.2, 0) is 11.3 Å². The molecule has 1 amide bonds. The number of carbonyl (C=O) groups is 1. The fraction of sp³-hybridized carbons (Fsp3) is 0.462. The van der Waals surface area contributed by atoms with Gasteiger partial charge in [-0.2, -0.15) is 0 Å². The molecule has 0 unspecified atom stereocenters. The van der Waals surface area contributed by atoms with Crippen LogP contribution in [0.25, 0.3) is 0 Å². The summed E-state index contributed by atoms with van der Waals surface area (Å²) in [7, 11) is 0. The van der Waals surface area contributed by atoms with Gasteiger partial charge in [0.1, 0.15) is 5.82 Å². The van der Waals surface area contributed by atoms with E-state index in [1.165, 1.54) is 12.1 Å². The highest BCUT2D eigenvalue weighted by Crippen LogP contribution is 2.10. The predicted molar refractivity (Wildman–Crippen MR) is 65.8 cm³/mol. The van der Waals surface area contributed by atoms with Crippen LogP contribution in [0.4, 0.5) is 4.39 Å². The van der Waals surface area contributed by atoms with Gasteiger partial charge in [-0.05, 0) is 31.5 Å². The van der Waals surface area contributed by atoms with E-state index in [4.69, 9.17) is 5.73 Å². The molecule has 17 heavy (non-hydrogen) atoms. The van der Waals surface area contributed by atoms with Gasteiger partial charge in [-0.3, -0.25) is 4.79 Å². The zero-order chi connectivity index (χ0) is 12.8. The lowest BCUT2D eigenvalue weighted by Crippen LogP contribution is -2.37. The highest BCUT2D eigenvalue weighted by Gasteiger charge is 2.16. The van der Waals surface area contributed by atoms with E-state index in [1.54, 1.807) is 17.0 Å². The quantitative estimate of drug-likeness (QED) is 0.851. The van der Waals surface area contributed by atoms with Crippen LogP contribution < -0.4 is 5.73 Å². The van der Waals surface area contributed by atoms with Gasteiger partial charge >= 0.3 is 0 Å². The SMILES string of the molecule is CC(C)N(Cc1ccc(F)cc1)C(=O)CCN. The van der Waals surface area contributed by atoms with Crippen LogP contribution in [0.3, 0.4) is 0 Å². The molecule has 0 spiro atoms. The van der Waals surface area contributed by atoms with E-state index >= 15 is 0 Å². The average molecular weight is 238 g/mol. The zero-order valence-corrected chi connectivity index (χ0v) is 10.3. The molecule has 4 heteroatoms. The fourth-order valence-electron chi connectivity index (χ4n) is 1.61. The van der Waals surface area contributed by atoms with Crippen molar-refractivity contribution in [3.8, 4) is 0 Å². The second-order valence-corrected chi connectivity index (χ2v) is 4.28. The standard InChI is InChI=1S/C13H19FN2O/c1-10(2)16(13(17)7-8-15)9-11-3-5-12(14)6-4-11/h3-6,10H,7-9,15H2,1-2H3. The van der Waals surface area contributed by atoms with E-state index in [0.717, 1.165) is 5.56 Å². The van der Waals surface area contributed by atoms with Gasteiger partial charge in [0.05, 0.1) is 0 Å². The first kappa shape index (κ1) is 13.6. The third-order valence-electron chi connectivity index (χ3n) is 2.57. The molecule has 0 aromatic heterocycles. The van der Waals surface area contributed by atoms with E-state index in [2.05, 4.69) is 0 Å². The molecule has 1 aromatic carbocycles. The molecule has 0 aliphatic carbocycles. The summed E-state index contributed by atoms with van der Waals surface area (Å²) in [5, 5.41) is 0. The Kier molecular flexibility index (Phi) is 5.10. The number of amides is 1. The maximum absolute atomic E-state index is 12.8. The summed E-state index contributed by atoms with van der Waals surface area (Å²) in [5.41, 5.74) is 6.31. The number of rotatable bonds is 5. The van der Waals surface area contributed by atoms with E-state index in [9.17, 15) is 9.18 Å². The van der Waals surface area contributed by atoms with Crippen molar-refractivity contribution < 1.29 is 9.18 Å². The molecule has 0 saturated carbocycles. The van der Waals surface area contributed by atoms with Crippen LogP contribution in [0.2, 0.25) is 0 Å². The van der Waals surface area contributed by atoms with Crippen molar-refractivity contribution in [2.24, 2.45) is 5.73 Å². The Morgan fingerprint density at radius 3 is 2.41 bits per heavy atom. The first-order chi connectivity index (χ1) is 8.04. The molecule has 0 atom stereocenters. The van der Waals surface area contributed by atoms with Gasteiger partial charge < -0.3 is 10.6 Å². The Bertz CT molecular complexity index is 362. The van der Waals surface area contributed by atoms with Crippen LogP contribution in [0.5, 0.6) is 0 Å². The van der Waals surface area contributed by atoms with Crippen molar-refractivity contribution in [3.63, 3.8) is 0 Å². The van der Waals surface area contributed by atoms with Crippen LogP contribution in [0.1, 0.15) is 25.8 Å².